The first-order valence-corrected chi connectivity index (χ1v) is 12.2. The lowest BCUT2D eigenvalue weighted by Gasteiger charge is -2.29. The predicted molar refractivity (Wildman–Crippen MR) is 126 cm³/mol. The minimum absolute atomic E-state index is 0.0904. The molecule has 3 aromatic rings. The molecular weight excluding hydrogens is 514 g/mol. The lowest BCUT2D eigenvalue weighted by Crippen LogP contribution is -2.39. The Bertz CT molecular complexity index is 1400. The summed E-state index contributed by atoms with van der Waals surface area (Å²) in [5, 5.41) is 6.93. The van der Waals surface area contributed by atoms with Gasteiger partial charge in [-0.05, 0) is 66.5 Å². The van der Waals surface area contributed by atoms with Crippen molar-refractivity contribution in [2.75, 3.05) is 0 Å². The van der Waals surface area contributed by atoms with Crippen molar-refractivity contribution in [3.63, 3.8) is 0 Å². The fraction of sp³-hybridized carbons (Fsp3) is 0.385. The highest BCUT2D eigenvalue weighted by Crippen LogP contribution is 2.51. The van der Waals surface area contributed by atoms with Crippen LogP contribution in [-0.4, -0.2) is 28.0 Å². The second-order valence-corrected chi connectivity index (χ2v) is 10.1. The van der Waals surface area contributed by atoms with Gasteiger partial charge in [0, 0.05) is 18.4 Å². The van der Waals surface area contributed by atoms with E-state index >= 15 is 0 Å². The summed E-state index contributed by atoms with van der Waals surface area (Å²) in [6, 6.07) is 7.86. The highest BCUT2D eigenvalue weighted by molar-refractivity contribution is 6.31. The molecule has 1 saturated carbocycles. The van der Waals surface area contributed by atoms with Gasteiger partial charge in [-0.15, -0.1) is 0 Å². The fourth-order valence-corrected chi connectivity index (χ4v) is 5.12. The molecule has 1 fully saturated rings. The first-order valence-electron chi connectivity index (χ1n) is 11.8. The predicted octanol–water partition coefficient (Wildman–Crippen LogP) is 6.30. The topological polar surface area (TPSA) is 85.1 Å². The number of alkyl halides is 3. The number of rotatable bonds is 6. The van der Waals surface area contributed by atoms with Crippen molar-refractivity contribution in [3.05, 3.63) is 58.2 Å². The number of fused-ring (bicyclic) bond motifs is 1. The molecule has 0 bridgehead atoms. The molecule has 2 aliphatic carbocycles. The van der Waals surface area contributed by atoms with Gasteiger partial charge in [0.05, 0.1) is 17.0 Å². The Kier molecular flexibility index (Phi) is 6.34. The van der Waals surface area contributed by atoms with E-state index in [9.17, 15) is 27.2 Å². The zero-order chi connectivity index (χ0) is 26.5. The molecule has 6 nitrogen and oxygen atoms in total. The number of aromatic nitrogens is 2. The molecule has 5 rings (SSSR count). The van der Waals surface area contributed by atoms with Crippen molar-refractivity contribution in [2.45, 2.75) is 57.7 Å². The van der Waals surface area contributed by atoms with Crippen LogP contribution in [-0.2, 0) is 16.0 Å². The molecule has 0 aliphatic heterocycles. The van der Waals surface area contributed by atoms with Crippen LogP contribution < -0.4 is 5.32 Å². The normalized spacial score (nSPS) is 18.3. The van der Waals surface area contributed by atoms with E-state index in [1.54, 1.807) is 19.1 Å². The van der Waals surface area contributed by atoms with Crippen LogP contribution in [0.1, 0.15) is 55.2 Å². The second-order valence-electron chi connectivity index (χ2n) is 9.66. The molecule has 11 heteroatoms. The van der Waals surface area contributed by atoms with E-state index in [2.05, 4.69) is 15.5 Å². The molecule has 194 valence electrons. The zero-order valence-corrected chi connectivity index (χ0v) is 20.5. The van der Waals surface area contributed by atoms with Gasteiger partial charge in [-0.1, -0.05) is 35.0 Å². The Morgan fingerprint density at radius 2 is 1.97 bits per heavy atom. The monoisotopic (exact) mass is 535 g/mol. The summed E-state index contributed by atoms with van der Waals surface area (Å²) in [6.45, 7) is 1.60. The Balaban J connectivity index is 1.43. The summed E-state index contributed by atoms with van der Waals surface area (Å²) in [7, 11) is 0. The van der Waals surface area contributed by atoms with E-state index < -0.39 is 41.6 Å². The van der Waals surface area contributed by atoms with Crippen molar-refractivity contribution >= 4 is 23.3 Å². The molecule has 1 aromatic heterocycles. The summed E-state index contributed by atoms with van der Waals surface area (Å²) in [5.74, 6) is -2.64. The average Bonchev–Trinajstić information content (AvgIpc) is 3.49. The van der Waals surface area contributed by atoms with E-state index in [0.29, 0.717) is 24.0 Å². The molecule has 0 spiro atoms. The number of carbonyl (C=O) groups excluding carboxylic acids is 2. The summed E-state index contributed by atoms with van der Waals surface area (Å²) in [6.07, 6.45) is -3.25. The van der Waals surface area contributed by atoms with Gasteiger partial charge >= 0.3 is 6.18 Å². The molecule has 1 atom stereocenters. The van der Waals surface area contributed by atoms with Crippen LogP contribution in [0.5, 0.6) is 0 Å². The van der Waals surface area contributed by atoms with Crippen LogP contribution >= 0.6 is 11.6 Å². The van der Waals surface area contributed by atoms with Crippen LogP contribution in [0.15, 0.2) is 34.9 Å². The zero-order valence-electron chi connectivity index (χ0n) is 19.7. The van der Waals surface area contributed by atoms with E-state index in [1.165, 1.54) is 6.07 Å². The van der Waals surface area contributed by atoms with Crippen LogP contribution in [0.2, 0.25) is 5.02 Å². The number of hydrogen-bond donors (Lipinski definition) is 1. The van der Waals surface area contributed by atoms with Gasteiger partial charge in [0.25, 0.3) is 0 Å². The summed E-state index contributed by atoms with van der Waals surface area (Å²) < 4.78 is 58.3. The van der Waals surface area contributed by atoms with Gasteiger partial charge in [0.15, 0.2) is 0 Å². The van der Waals surface area contributed by atoms with Gasteiger partial charge in [0.1, 0.15) is 5.82 Å². The fourth-order valence-electron chi connectivity index (χ4n) is 4.92. The highest BCUT2D eigenvalue weighted by atomic mass is 35.5. The molecular formula is C26H22ClF4N3O3. The van der Waals surface area contributed by atoms with Crippen molar-refractivity contribution in [3.8, 4) is 22.5 Å². The number of aryl methyl sites for hydroxylation is 2. The van der Waals surface area contributed by atoms with Gasteiger partial charge in [0.2, 0.25) is 23.4 Å². The first-order chi connectivity index (χ1) is 17.5. The molecule has 2 aromatic carbocycles. The summed E-state index contributed by atoms with van der Waals surface area (Å²) in [5.41, 5.74) is 1.75. The minimum atomic E-state index is -4.96. The van der Waals surface area contributed by atoms with E-state index in [4.69, 9.17) is 16.1 Å². The lowest BCUT2D eigenvalue weighted by atomic mass is 9.84. The Hall–Kier alpha value is -3.27. The smallest absolute Gasteiger partial charge is 0.349 e. The third-order valence-corrected chi connectivity index (χ3v) is 7.25. The van der Waals surface area contributed by atoms with Gasteiger partial charge in [-0.3, -0.25) is 9.59 Å². The number of hydrogen-bond acceptors (Lipinski definition) is 5. The molecule has 2 aliphatic rings. The Morgan fingerprint density at radius 3 is 2.62 bits per heavy atom. The van der Waals surface area contributed by atoms with Crippen molar-refractivity contribution < 1.29 is 31.7 Å². The quantitative estimate of drug-likeness (QED) is 0.374. The van der Waals surface area contributed by atoms with Gasteiger partial charge < -0.3 is 9.84 Å². The number of halogens is 5. The number of nitrogens with one attached hydrogen (secondary N) is 1. The molecule has 1 unspecified atom stereocenters. The van der Waals surface area contributed by atoms with Crippen LogP contribution in [0.3, 0.4) is 0 Å². The number of benzene rings is 2. The van der Waals surface area contributed by atoms with E-state index in [1.807, 2.05) is 12.1 Å². The van der Waals surface area contributed by atoms with E-state index in [-0.39, 0.29) is 35.1 Å². The Morgan fingerprint density at radius 1 is 1.22 bits per heavy atom. The third kappa shape index (κ3) is 4.99. The molecule has 0 radical (unpaired) electrons. The number of amides is 1. The minimum Gasteiger partial charge on any atom is -0.349 e. The van der Waals surface area contributed by atoms with Crippen LogP contribution in [0.4, 0.5) is 17.6 Å². The van der Waals surface area contributed by atoms with Crippen LogP contribution in [0, 0.1) is 18.2 Å². The average molecular weight is 536 g/mol. The largest absolute Gasteiger partial charge is 0.450 e. The molecule has 37 heavy (non-hydrogen) atoms. The van der Waals surface area contributed by atoms with Crippen molar-refractivity contribution in [1.82, 2.24) is 15.5 Å². The summed E-state index contributed by atoms with van der Waals surface area (Å²) >= 11 is 6.16. The molecule has 1 heterocycles. The third-order valence-electron chi connectivity index (χ3n) is 7.03. The van der Waals surface area contributed by atoms with E-state index in [0.717, 1.165) is 17.5 Å². The molecule has 1 amide bonds. The van der Waals surface area contributed by atoms with Gasteiger partial charge in [-0.2, -0.15) is 18.2 Å². The Labute approximate surface area is 214 Å². The highest BCUT2D eigenvalue weighted by Gasteiger charge is 2.55. The molecule has 0 saturated heterocycles. The lowest BCUT2D eigenvalue weighted by molar-refractivity contribution is -0.173. The standard InChI is InChI=1S/C26H22ClF4N3O3/c1-13-32-23(34-37-13)22-18(10-16(27)11-19(22)28)15-5-6-17-14(9-15)3-2-4-20(17)33-24(36)25(7-8-25)12-21(35)26(29,30)31/h5-6,9-11,20H,2-4,7-8,12H2,1H3,(H,33,36). The second kappa shape index (κ2) is 9.24. The SMILES string of the molecule is Cc1nc(-c2c(F)cc(Cl)cc2-c2ccc3c(c2)CCCC3NC(=O)C2(CC(=O)C(F)(F)F)CC2)no1. The number of Topliss-reactive ketones (excluding diaryl/α,β-unsaturated/α-hetero) is 1. The van der Waals surface area contributed by atoms with Crippen molar-refractivity contribution in [2.24, 2.45) is 5.41 Å². The maximum atomic E-state index is 15.0. The maximum absolute atomic E-state index is 15.0. The number of ketones is 1. The molecule has 1 N–H and O–H groups in total. The number of nitrogens with zero attached hydrogens (tertiary/aromatic N) is 2. The number of carbonyl (C=O) groups is 2. The first kappa shape index (κ1) is 25.4. The van der Waals surface area contributed by atoms with Gasteiger partial charge in [-0.25, -0.2) is 4.39 Å². The van der Waals surface area contributed by atoms with Crippen molar-refractivity contribution in [1.29, 1.82) is 0 Å². The summed E-state index contributed by atoms with van der Waals surface area (Å²) in [4.78, 5) is 28.6. The maximum Gasteiger partial charge on any atom is 0.450 e. The van der Waals surface area contributed by atoms with Crippen LogP contribution in [0.25, 0.3) is 22.5 Å².